The number of aliphatic hydroxyl groups is 1. The summed E-state index contributed by atoms with van der Waals surface area (Å²) in [7, 11) is 0. The predicted octanol–water partition coefficient (Wildman–Crippen LogP) is 3.82. The number of hydrogen-bond donors (Lipinski definition) is 3. The first-order chi connectivity index (χ1) is 14.4. The molecule has 7 heteroatoms. The summed E-state index contributed by atoms with van der Waals surface area (Å²) in [5.41, 5.74) is 5.74. The predicted molar refractivity (Wildman–Crippen MR) is 109 cm³/mol. The number of nitrogens with zero attached hydrogens (tertiary/aromatic N) is 1. The van der Waals surface area contributed by atoms with Gasteiger partial charge in [0.15, 0.2) is 5.78 Å². The van der Waals surface area contributed by atoms with Gasteiger partial charge in [-0.25, -0.2) is 8.78 Å². The quantitative estimate of drug-likeness (QED) is 0.455. The fourth-order valence-corrected chi connectivity index (χ4v) is 3.62. The van der Waals surface area contributed by atoms with Crippen LogP contribution in [0, 0.1) is 23.5 Å². The molecule has 0 aliphatic heterocycles. The van der Waals surface area contributed by atoms with Crippen LogP contribution >= 0.6 is 0 Å². The van der Waals surface area contributed by atoms with Gasteiger partial charge in [0, 0.05) is 22.8 Å². The number of rotatable bonds is 3. The van der Waals surface area contributed by atoms with Crippen molar-refractivity contribution in [1.29, 1.82) is 0 Å². The highest BCUT2D eigenvalue weighted by atomic mass is 19.1. The second kappa shape index (κ2) is 7.73. The molecule has 0 bridgehead atoms. The molecule has 0 radical (unpaired) electrons. The Labute approximate surface area is 171 Å². The van der Waals surface area contributed by atoms with E-state index in [2.05, 4.69) is 22.0 Å². The van der Waals surface area contributed by atoms with Gasteiger partial charge < -0.3 is 10.8 Å². The van der Waals surface area contributed by atoms with Crippen LogP contribution in [0.2, 0.25) is 0 Å². The number of aromatic amines is 1. The summed E-state index contributed by atoms with van der Waals surface area (Å²) < 4.78 is 27.5. The van der Waals surface area contributed by atoms with Crippen molar-refractivity contribution in [3.63, 3.8) is 0 Å². The highest BCUT2D eigenvalue weighted by Gasteiger charge is 2.28. The first-order valence-electron chi connectivity index (χ1n) is 9.56. The van der Waals surface area contributed by atoms with Gasteiger partial charge in [0.05, 0.1) is 5.56 Å². The fraction of sp³-hybridized carbons (Fsp3) is 0.217. The molecule has 3 aromatic rings. The van der Waals surface area contributed by atoms with E-state index in [1.54, 1.807) is 24.3 Å². The number of H-pyrrole nitrogens is 1. The normalized spacial score (nSPS) is 14.9. The van der Waals surface area contributed by atoms with Crippen molar-refractivity contribution in [1.82, 2.24) is 10.2 Å². The molecule has 5 nitrogen and oxygen atoms in total. The monoisotopic (exact) mass is 407 g/mol. The number of nitrogen functional groups attached to an aromatic ring is 1. The molecule has 2 aromatic carbocycles. The van der Waals surface area contributed by atoms with Crippen LogP contribution in [0.4, 0.5) is 14.6 Å². The van der Waals surface area contributed by atoms with Gasteiger partial charge in [0.1, 0.15) is 28.7 Å². The molecule has 0 saturated heterocycles. The van der Waals surface area contributed by atoms with Gasteiger partial charge in [-0.05, 0) is 49.9 Å². The Morgan fingerprint density at radius 3 is 2.67 bits per heavy atom. The van der Waals surface area contributed by atoms with Crippen molar-refractivity contribution < 1.29 is 18.7 Å². The van der Waals surface area contributed by atoms with Crippen LogP contribution in [-0.4, -0.2) is 26.7 Å². The molecule has 0 spiro atoms. The topological polar surface area (TPSA) is 92.0 Å². The van der Waals surface area contributed by atoms with Crippen LogP contribution in [0.25, 0.3) is 11.3 Å². The maximum Gasteiger partial charge on any atom is 0.199 e. The highest BCUT2D eigenvalue weighted by Crippen LogP contribution is 2.31. The molecule has 152 valence electrons. The van der Waals surface area contributed by atoms with Gasteiger partial charge in [0.2, 0.25) is 0 Å². The van der Waals surface area contributed by atoms with Crippen molar-refractivity contribution in [2.45, 2.75) is 31.3 Å². The molecule has 0 atom stereocenters. The fourth-order valence-electron chi connectivity index (χ4n) is 3.62. The highest BCUT2D eigenvalue weighted by molar-refractivity contribution is 6.15. The van der Waals surface area contributed by atoms with Crippen LogP contribution in [-0.2, 0) is 0 Å². The maximum atomic E-state index is 14.3. The van der Waals surface area contributed by atoms with E-state index in [9.17, 15) is 18.7 Å². The molecular weight excluding hydrogens is 388 g/mol. The molecule has 1 aromatic heterocycles. The van der Waals surface area contributed by atoms with Crippen molar-refractivity contribution in [2.75, 3.05) is 5.73 Å². The van der Waals surface area contributed by atoms with Gasteiger partial charge in [-0.3, -0.25) is 9.89 Å². The first kappa shape index (κ1) is 19.8. The summed E-state index contributed by atoms with van der Waals surface area (Å²) in [6, 6.07) is 9.60. The van der Waals surface area contributed by atoms with E-state index in [0.29, 0.717) is 18.4 Å². The number of anilines is 1. The number of carbonyl (C=O) groups is 1. The van der Waals surface area contributed by atoms with Gasteiger partial charge >= 0.3 is 0 Å². The molecule has 4 N–H and O–H groups in total. The summed E-state index contributed by atoms with van der Waals surface area (Å²) in [4.78, 5) is 13.1. The molecule has 1 heterocycles. The average molecular weight is 407 g/mol. The zero-order chi connectivity index (χ0) is 21.3. The van der Waals surface area contributed by atoms with Crippen molar-refractivity contribution in [2.24, 2.45) is 0 Å². The lowest BCUT2D eigenvalue weighted by molar-refractivity contribution is 0.103. The lowest BCUT2D eigenvalue weighted by Gasteiger charge is -2.12. The first-order valence-corrected chi connectivity index (χ1v) is 9.56. The summed E-state index contributed by atoms with van der Waals surface area (Å²) in [6.45, 7) is 0. The van der Waals surface area contributed by atoms with E-state index >= 15 is 0 Å². The summed E-state index contributed by atoms with van der Waals surface area (Å²) in [5, 5.41) is 16.8. The molecule has 1 aliphatic carbocycles. The lowest BCUT2D eigenvalue weighted by Crippen LogP contribution is -2.20. The van der Waals surface area contributed by atoms with E-state index in [4.69, 9.17) is 5.73 Å². The summed E-state index contributed by atoms with van der Waals surface area (Å²) >= 11 is 0. The van der Waals surface area contributed by atoms with Crippen LogP contribution < -0.4 is 5.73 Å². The van der Waals surface area contributed by atoms with E-state index < -0.39 is 23.0 Å². The zero-order valence-electron chi connectivity index (χ0n) is 16.0. The van der Waals surface area contributed by atoms with Gasteiger partial charge in [-0.2, -0.15) is 5.10 Å². The van der Waals surface area contributed by atoms with Crippen LogP contribution in [0.15, 0.2) is 42.5 Å². The Hall–Kier alpha value is -3.50. The third kappa shape index (κ3) is 3.82. The number of halogens is 2. The molecule has 1 saturated carbocycles. The molecule has 30 heavy (non-hydrogen) atoms. The van der Waals surface area contributed by atoms with E-state index in [1.807, 2.05) is 0 Å². The van der Waals surface area contributed by atoms with Crippen molar-refractivity contribution in [3.05, 3.63) is 70.8 Å². The third-order valence-corrected chi connectivity index (χ3v) is 5.20. The van der Waals surface area contributed by atoms with Gasteiger partial charge in [-0.15, -0.1) is 0 Å². The molecule has 4 rings (SSSR count). The minimum Gasteiger partial charge on any atom is -0.383 e. The Morgan fingerprint density at radius 2 is 1.93 bits per heavy atom. The van der Waals surface area contributed by atoms with Gasteiger partial charge in [-0.1, -0.05) is 24.0 Å². The standard InChI is InChI=1S/C23H19F2N3O2/c24-16-6-7-17(18(25)13-16)20-19(22(26)28-27-20)21(29)15-5-3-4-14(12-15)8-11-23(30)9-1-2-10-23/h3-7,12-13,30H,1-2,9-10H2,(H3,26,27,28). The van der Waals surface area contributed by atoms with Crippen LogP contribution in [0.5, 0.6) is 0 Å². The minimum absolute atomic E-state index is 0.0000359. The largest absolute Gasteiger partial charge is 0.383 e. The number of hydrogen-bond acceptors (Lipinski definition) is 4. The second-order valence-corrected chi connectivity index (χ2v) is 7.38. The number of ketones is 1. The van der Waals surface area contributed by atoms with E-state index in [1.165, 1.54) is 6.07 Å². The Bertz CT molecular complexity index is 1180. The third-order valence-electron chi connectivity index (χ3n) is 5.20. The number of benzene rings is 2. The van der Waals surface area contributed by atoms with E-state index in [-0.39, 0.29) is 28.2 Å². The van der Waals surface area contributed by atoms with Gasteiger partial charge in [0.25, 0.3) is 0 Å². The number of nitrogens with one attached hydrogen (secondary N) is 1. The number of nitrogens with two attached hydrogens (primary N) is 1. The van der Waals surface area contributed by atoms with Crippen molar-refractivity contribution >= 4 is 11.6 Å². The molecule has 1 aliphatic rings. The number of aromatic nitrogens is 2. The van der Waals surface area contributed by atoms with Crippen LogP contribution in [0.3, 0.4) is 0 Å². The Kier molecular flexibility index (Phi) is 5.10. The lowest BCUT2D eigenvalue weighted by atomic mass is 9.97. The number of carbonyl (C=O) groups excluding carboxylic acids is 1. The minimum atomic E-state index is -0.984. The Balaban J connectivity index is 1.70. The van der Waals surface area contributed by atoms with E-state index in [0.717, 1.165) is 25.0 Å². The maximum absolute atomic E-state index is 14.3. The summed E-state index contributed by atoms with van der Waals surface area (Å²) in [5.74, 6) is 3.77. The SMILES string of the molecule is Nc1[nH]nc(-c2ccc(F)cc2F)c1C(=O)c1cccc(C#CC2(O)CCCC2)c1. The molecule has 1 fully saturated rings. The second-order valence-electron chi connectivity index (χ2n) is 7.38. The van der Waals surface area contributed by atoms with Crippen LogP contribution in [0.1, 0.15) is 47.2 Å². The average Bonchev–Trinajstić information content (AvgIpc) is 3.32. The molecule has 0 amide bonds. The summed E-state index contributed by atoms with van der Waals surface area (Å²) in [6.07, 6.45) is 3.14. The zero-order valence-corrected chi connectivity index (χ0v) is 16.0. The van der Waals surface area contributed by atoms with Crippen molar-refractivity contribution in [3.8, 4) is 23.1 Å². The smallest absolute Gasteiger partial charge is 0.199 e. The molecule has 0 unspecified atom stereocenters. The Morgan fingerprint density at radius 1 is 1.17 bits per heavy atom. The molecular formula is C23H19F2N3O2.